The maximum atomic E-state index is 9.23. The van der Waals surface area contributed by atoms with Crippen LogP contribution in [0.1, 0.15) is 0 Å². The summed E-state index contributed by atoms with van der Waals surface area (Å²) >= 11 is 5.59. The smallest absolute Gasteiger partial charge is 0.0980 e. The molecule has 0 aromatic heterocycles. The second-order valence-corrected chi connectivity index (χ2v) is 2.66. The zero-order valence-electron chi connectivity index (χ0n) is 5.37. The van der Waals surface area contributed by atoms with E-state index >= 15 is 0 Å². The molecule has 2 nitrogen and oxygen atoms in total. The van der Waals surface area contributed by atoms with E-state index in [0.29, 0.717) is 5.03 Å². The second-order valence-electron chi connectivity index (χ2n) is 2.23. The van der Waals surface area contributed by atoms with Crippen LogP contribution in [-0.2, 0) is 0 Å². The van der Waals surface area contributed by atoms with E-state index in [2.05, 4.69) is 0 Å². The van der Waals surface area contributed by atoms with E-state index < -0.39 is 6.10 Å². The number of halogens is 1. The Bertz CT molecular complexity index is 174. The fraction of sp³-hybridized carbons (Fsp3) is 0.429. The lowest BCUT2D eigenvalue weighted by Crippen LogP contribution is -2.23. The number of hydrogen-bond donors (Lipinski definition) is 2. The van der Waals surface area contributed by atoms with Crippen molar-refractivity contribution in [2.24, 2.45) is 5.92 Å². The van der Waals surface area contributed by atoms with Gasteiger partial charge in [0.1, 0.15) is 0 Å². The normalized spacial score (nSPS) is 32.1. The minimum atomic E-state index is -0.725. The van der Waals surface area contributed by atoms with Crippen molar-refractivity contribution in [3.05, 3.63) is 23.3 Å². The van der Waals surface area contributed by atoms with Crippen LogP contribution < -0.4 is 0 Å². The standard InChI is InChI=1S/C7H9ClO2/c8-6-3-1-2-5(4-9)7(6)10/h1-3,5,7,9-10H,4H2/t5-,7+/m1/s1. The van der Waals surface area contributed by atoms with Gasteiger partial charge in [-0.05, 0) is 6.08 Å². The molecule has 0 aliphatic heterocycles. The molecule has 1 rings (SSSR count). The summed E-state index contributed by atoms with van der Waals surface area (Å²) in [5, 5.41) is 18.3. The molecule has 0 aromatic carbocycles. The van der Waals surface area contributed by atoms with E-state index in [1.54, 1.807) is 18.2 Å². The predicted octanol–water partition coefficient (Wildman–Crippen LogP) is 0.648. The van der Waals surface area contributed by atoms with E-state index in [9.17, 15) is 5.11 Å². The Morgan fingerprint density at radius 1 is 1.60 bits per heavy atom. The first-order valence-corrected chi connectivity index (χ1v) is 3.46. The summed E-state index contributed by atoms with van der Waals surface area (Å²) in [5.41, 5.74) is 0. The van der Waals surface area contributed by atoms with Crippen molar-refractivity contribution in [1.82, 2.24) is 0 Å². The fourth-order valence-corrected chi connectivity index (χ4v) is 1.09. The molecule has 0 bridgehead atoms. The summed E-state index contributed by atoms with van der Waals surface area (Å²) in [6.07, 6.45) is 4.36. The minimum Gasteiger partial charge on any atom is -0.396 e. The van der Waals surface area contributed by atoms with Crippen LogP contribution in [-0.4, -0.2) is 22.9 Å². The topological polar surface area (TPSA) is 40.5 Å². The molecule has 3 heteroatoms. The van der Waals surface area contributed by atoms with Gasteiger partial charge in [-0.2, -0.15) is 0 Å². The zero-order chi connectivity index (χ0) is 7.56. The molecule has 0 radical (unpaired) electrons. The molecular weight excluding hydrogens is 152 g/mol. The number of allylic oxidation sites excluding steroid dienone is 2. The van der Waals surface area contributed by atoms with E-state index in [-0.39, 0.29) is 12.5 Å². The van der Waals surface area contributed by atoms with Crippen LogP contribution >= 0.6 is 11.6 Å². The third-order valence-corrected chi connectivity index (χ3v) is 1.86. The SMILES string of the molecule is OC[C@H]1C=CC=C(Cl)[C@H]1O. The van der Waals surface area contributed by atoms with E-state index in [1.807, 2.05) is 0 Å². The quantitative estimate of drug-likeness (QED) is 0.592. The molecule has 0 fully saturated rings. The lowest BCUT2D eigenvalue weighted by atomic mass is 9.99. The van der Waals surface area contributed by atoms with Crippen molar-refractivity contribution < 1.29 is 10.2 Å². The van der Waals surface area contributed by atoms with Crippen LogP contribution in [0.5, 0.6) is 0 Å². The lowest BCUT2D eigenvalue weighted by Gasteiger charge is -2.19. The van der Waals surface area contributed by atoms with Crippen LogP contribution in [0.4, 0.5) is 0 Å². The molecule has 0 heterocycles. The fourth-order valence-electron chi connectivity index (χ4n) is 0.859. The van der Waals surface area contributed by atoms with Crippen LogP contribution in [0.15, 0.2) is 23.3 Å². The van der Waals surface area contributed by atoms with Gasteiger partial charge in [-0.25, -0.2) is 0 Å². The molecule has 0 amide bonds. The zero-order valence-corrected chi connectivity index (χ0v) is 6.12. The Morgan fingerprint density at radius 2 is 2.30 bits per heavy atom. The molecule has 0 saturated carbocycles. The Labute approximate surface area is 64.4 Å². The maximum absolute atomic E-state index is 9.23. The van der Waals surface area contributed by atoms with Gasteiger partial charge in [0.15, 0.2) is 0 Å². The predicted molar refractivity (Wildman–Crippen MR) is 39.7 cm³/mol. The summed E-state index contributed by atoms with van der Waals surface area (Å²) < 4.78 is 0. The van der Waals surface area contributed by atoms with Crippen molar-refractivity contribution in [2.45, 2.75) is 6.10 Å². The Hall–Kier alpha value is -0.310. The first-order valence-electron chi connectivity index (χ1n) is 3.08. The van der Waals surface area contributed by atoms with E-state index in [0.717, 1.165) is 0 Å². The third kappa shape index (κ3) is 1.40. The van der Waals surface area contributed by atoms with Crippen LogP contribution in [0.3, 0.4) is 0 Å². The summed E-state index contributed by atoms with van der Waals surface area (Å²) in [5.74, 6) is -0.238. The highest BCUT2D eigenvalue weighted by Crippen LogP contribution is 2.21. The molecule has 0 spiro atoms. The average molecular weight is 161 g/mol. The van der Waals surface area contributed by atoms with Gasteiger partial charge in [-0.1, -0.05) is 23.8 Å². The van der Waals surface area contributed by atoms with Gasteiger partial charge in [-0.15, -0.1) is 0 Å². The van der Waals surface area contributed by atoms with Crippen molar-refractivity contribution in [3.63, 3.8) is 0 Å². The van der Waals surface area contributed by atoms with Crippen molar-refractivity contribution in [3.8, 4) is 0 Å². The Balaban J connectivity index is 2.68. The van der Waals surface area contributed by atoms with Crippen molar-refractivity contribution in [2.75, 3.05) is 6.61 Å². The van der Waals surface area contributed by atoms with Crippen LogP contribution in [0, 0.1) is 5.92 Å². The number of aliphatic hydroxyl groups excluding tert-OH is 2. The maximum Gasteiger partial charge on any atom is 0.0980 e. The molecule has 56 valence electrons. The molecule has 2 atom stereocenters. The molecular formula is C7H9ClO2. The highest BCUT2D eigenvalue weighted by molar-refractivity contribution is 6.30. The summed E-state index contributed by atoms with van der Waals surface area (Å²) in [4.78, 5) is 0. The van der Waals surface area contributed by atoms with Gasteiger partial charge < -0.3 is 10.2 Å². The Kier molecular flexibility index (Phi) is 2.49. The van der Waals surface area contributed by atoms with E-state index in [1.165, 1.54) is 0 Å². The van der Waals surface area contributed by atoms with Gasteiger partial charge in [0.05, 0.1) is 12.7 Å². The van der Waals surface area contributed by atoms with Gasteiger partial charge in [-0.3, -0.25) is 0 Å². The van der Waals surface area contributed by atoms with Crippen LogP contribution in [0.25, 0.3) is 0 Å². The third-order valence-electron chi connectivity index (χ3n) is 1.51. The van der Waals surface area contributed by atoms with Gasteiger partial charge in [0, 0.05) is 11.0 Å². The first kappa shape index (κ1) is 7.79. The molecule has 10 heavy (non-hydrogen) atoms. The highest BCUT2D eigenvalue weighted by atomic mass is 35.5. The molecule has 0 saturated heterocycles. The largest absolute Gasteiger partial charge is 0.396 e. The summed E-state index contributed by atoms with van der Waals surface area (Å²) in [7, 11) is 0. The van der Waals surface area contributed by atoms with E-state index in [4.69, 9.17) is 16.7 Å². The Morgan fingerprint density at radius 3 is 2.80 bits per heavy atom. The second kappa shape index (κ2) is 3.19. The highest BCUT2D eigenvalue weighted by Gasteiger charge is 2.20. The van der Waals surface area contributed by atoms with Crippen LogP contribution in [0.2, 0.25) is 0 Å². The van der Waals surface area contributed by atoms with Gasteiger partial charge >= 0.3 is 0 Å². The molecule has 0 unspecified atom stereocenters. The van der Waals surface area contributed by atoms with Crippen molar-refractivity contribution in [1.29, 1.82) is 0 Å². The molecule has 1 aliphatic rings. The first-order chi connectivity index (χ1) is 4.75. The molecule has 2 N–H and O–H groups in total. The molecule has 0 aromatic rings. The summed E-state index contributed by atoms with van der Waals surface area (Å²) in [6, 6.07) is 0. The van der Waals surface area contributed by atoms with Gasteiger partial charge in [0.2, 0.25) is 0 Å². The molecule has 1 aliphatic carbocycles. The average Bonchev–Trinajstić information content (AvgIpc) is 1.95. The minimum absolute atomic E-state index is 0.0677. The van der Waals surface area contributed by atoms with Crippen molar-refractivity contribution >= 4 is 11.6 Å². The monoisotopic (exact) mass is 160 g/mol. The number of hydrogen-bond acceptors (Lipinski definition) is 2. The number of aliphatic hydroxyl groups is 2. The summed E-state index contributed by atoms with van der Waals surface area (Å²) in [6.45, 7) is -0.0677. The van der Waals surface area contributed by atoms with Gasteiger partial charge in [0.25, 0.3) is 0 Å². The number of rotatable bonds is 1. The lowest BCUT2D eigenvalue weighted by molar-refractivity contribution is 0.122.